The molecule has 2 aromatic carbocycles. The van der Waals surface area contributed by atoms with Gasteiger partial charge in [-0.3, -0.25) is 9.59 Å². The van der Waals surface area contributed by atoms with E-state index in [2.05, 4.69) is 31.2 Å². The van der Waals surface area contributed by atoms with E-state index in [1.165, 1.54) is 56.6 Å². The summed E-state index contributed by atoms with van der Waals surface area (Å²) >= 11 is 0. The Morgan fingerprint density at radius 1 is 0.875 bits per heavy atom. The smallest absolute Gasteiger partial charge is 1.00 e. The first-order valence-electron chi connectivity index (χ1n) is 13.7. The summed E-state index contributed by atoms with van der Waals surface area (Å²) < 4.78 is 11.7. The minimum absolute atomic E-state index is 0. The quantitative estimate of drug-likeness (QED) is 0.188. The molecule has 0 saturated heterocycles. The SMILES string of the molecule is CCCCCCCCCc1ccc(C(CCCCC(=O)O)Oc2ccc3c(=O)cc(C(=O)O)oc3c2)cc1.[H-].[H-].[Na+].[Na+]. The zero-order valence-electron chi connectivity index (χ0n) is 26.1. The Bertz CT molecular complexity index is 1270. The van der Waals surface area contributed by atoms with E-state index in [4.69, 9.17) is 14.3 Å². The van der Waals surface area contributed by atoms with Gasteiger partial charge in [0.2, 0.25) is 5.76 Å². The summed E-state index contributed by atoms with van der Waals surface area (Å²) in [4.78, 5) is 34.5. The van der Waals surface area contributed by atoms with E-state index in [1.807, 2.05) is 0 Å². The fourth-order valence-electron chi connectivity index (χ4n) is 4.56. The van der Waals surface area contributed by atoms with E-state index in [1.54, 1.807) is 12.1 Å². The summed E-state index contributed by atoms with van der Waals surface area (Å²) in [6.45, 7) is 2.23. The van der Waals surface area contributed by atoms with Crippen LogP contribution in [0.1, 0.15) is 108 Å². The van der Waals surface area contributed by atoms with Gasteiger partial charge in [-0.2, -0.15) is 0 Å². The van der Waals surface area contributed by atoms with Crippen molar-refractivity contribution in [1.29, 1.82) is 0 Å². The number of carbonyl (C=O) groups is 2. The summed E-state index contributed by atoms with van der Waals surface area (Å²) in [7, 11) is 0. The van der Waals surface area contributed by atoms with Crippen molar-refractivity contribution in [3.63, 3.8) is 0 Å². The van der Waals surface area contributed by atoms with E-state index >= 15 is 0 Å². The molecule has 0 aliphatic rings. The number of aryl methyl sites for hydroxylation is 1. The predicted molar refractivity (Wildman–Crippen MR) is 149 cm³/mol. The predicted octanol–water partition coefficient (Wildman–Crippen LogP) is 1.78. The molecule has 7 nitrogen and oxygen atoms in total. The van der Waals surface area contributed by atoms with Crippen molar-refractivity contribution in [2.45, 2.75) is 90.1 Å². The van der Waals surface area contributed by atoms with Crippen LogP contribution in [0.4, 0.5) is 0 Å². The third kappa shape index (κ3) is 12.1. The van der Waals surface area contributed by atoms with E-state index < -0.39 is 23.1 Å². The van der Waals surface area contributed by atoms with Gasteiger partial charge in [-0.05, 0) is 55.4 Å². The minimum Gasteiger partial charge on any atom is -1.00 e. The van der Waals surface area contributed by atoms with Crippen LogP contribution in [-0.4, -0.2) is 22.2 Å². The van der Waals surface area contributed by atoms with Crippen molar-refractivity contribution in [1.82, 2.24) is 0 Å². The number of aliphatic carboxylic acids is 1. The average molecular weight is 571 g/mol. The Morgan fingerprint density at radius 3 is 2.20 bits per heavy atom. The number of hydrogen-bond donors (Lipinski definition) is 2. The van der Waals surface area contributed by atoms with Crippen LogP contribution in [0.25, 0.3) is 11.0 Å². The van der Waals surface area contributed by atoms with Crippen molar-refractivity contribution in [3.05, 3.63) is 75.6 Å². The van der Waals surface area contributed by atoms with E-state index in [0.29, 0.717) is 25.0 Å². The third-order valence-corrected chi connectivity index (χ3v) is 6.72. The molecular weight excluding hydrogens is 530 g/mol. The normalized spacial score (nSPS) is 11.3. The number of benzene rings is 2. The molecule has 1 unspecified atom stereocenters. The topological polar surface area (TPSA) is 114 Å². The first-order valence-corrected chi connectivity index (χ1v) is 13.7. The van der Waals surface area contributed by atoms with Gasteiger partial charge in [0.15, 0.2) is 5.43 Å². The van der Waals surface area contributed by atoms with E-state index in [9.17, 15) is 19.5 Å². The summed E-state index contributed by atoms with van der Waals surface area (Å²) in [5.74, 6) is -2.13. The van der Waals surface area contributed by atoms with Crippen LogP contribution in [0.3, 0.4) is 0 Å². The van der Waals surface area contributed by atoms with Gasteiger partial charge in [0.05, 0.1) is 5.39 Å². The van der Waals surface area contributed by atoms with Crippen molar-refractivity contribution < 1.29 is 90.9 Å². The van der Waals surface area contributed by atoms with Gasteiger partial charge in [0.25, 0.3) is 0 Å². The number of aromatic carboxylic acids is 1. The van der Waals surface area contributed by atoms with E-state index in [0.717, 1.165) is 18.1 Å². The van der Waals surface area contributed by atoms with Crippen molar-refractivity contribution in [2.75, 3.05) is 0 Å². The van der Waals surface area contributed by atoms with Gasteiger partial charge in [-0.15, -0.1) is 0 Å². The number of rotatable bonds is 17. The zero-order valence-corrected chi connectivity index (χ0v) is 28.1. The van der Waals surface area contributed by atoms with Crippen molar-refractivity contribution in [2.24, 2.45) is 0 Å². The molecule has 1 heterocycles. The Balaban J connectivity index is 0. The van der Waals surface area contributed by atoms with Crippen LogP contribution in [0, 0.1) is 0 Å². The van der Waals surface area contributed by atoms with Gasteiger partial charge < -0.3 is 22.2 Å². The fourth-order valence-corrected chi connectivity index (χ4v) is 4.56. The molecule has 0 saturated carbocycles. The molecule has 1 aromatic heterocycles. The number of ether oxygens (including phenoxy) is 1. The summed E-state index contributed by atoms with van der Waals surface area (Å²) in [5.41, 5.74) is 1.96. The standard InChI is InChI=1S/C31H38O7.2Na.2H/c1-2-3-4-5-6-7-8-11-22-14-16-23(17-15-22)27(12-9-10-13-30(33)34)37-24-18-19-25-26(32)21-29(31(35)36)38-28(25)20-24;;;;/h14-21,27H,2-13H2,1H3,(H,33,34)(H,35,36);;;;/q;2*+1;2*-1. The molecule has 1 atom stereocenters. The molecule has 0 aliphatic heterocycles. The molecule has 0 aliphatic carbocycles. The number of hydrogen-bond acceptors (Lipinski definition) is 5. The first kappa shape index (κ1) is 36.4. The summed E-state index contributed by atoms with van der Waals surface area (Å²) in [6.07, 6.45) is 11.5. The van der Waals surface area contributed by atoms with Gasteiger partial charge in [0.1, 0.15) is 17.4 Å². The Hall–Kier alpha value is -1.61. The van der Waals surface area contributed by atoms with Crippen LogP contribution >= 0.6 is 0 Å². The molecule has 3 rings (SSSR count). The molecule has 3 aromatic rings. The maximum Gasteiger partial charge on any atom is 1.00 e. The third-order valence-electron chi connectivity index (χ3n) is 6.72. The molecule has 0 radical (unpaired) electrons. The fraction of sp³-hybridized carbons (Fsp3) is 0.452. The Kier molecular flexibility index (Phi) is 17.8. The second kappa shape index (κ2) is 19.5. The largest absolute Gasteiger partial charge is 1.00 e. The maximum atomic E-state index is 12.3. The van der Waals surface area contributed by atoms with Gasteiger partial charge in [0, 0.05) is 18.6 Å². The molecule has 0 spiro atoms. The molecule has 9 heteroatoms. The molecular formula is C31H40Na2O7. The molecule has 40 heavy (non-hydrogen) atoms. The Morgan fingerprint density at radius 2 is 1.55 bits per heavy atom. The number of carboxylic acids is 2. The second-order valence-corrected chi connectivity index (χ2v) is 9.80. The monoisotopic (exact) mass is 570 g/mol. The van der Waals surface area contributed by atoms with Crippen LogP contribution in [-0.2, 0) is 11.2 Å². The van der Waals surface area contributed by atoms with E-state index in [-0.39, 0.29) is 85.5 Å². The van der Waals surface area contributed by atoms with Crippen LogP contribution in [0.15, 0.2) is 57.7 Å². The maximum absolute atomic E-state index is 12.3. The number of fused-ring (bicyclic) bond motifs is 1. The molecule has 208 valence electrons. The zero-order chi connectivity index (χ0) is 27.3. The van der Waals surface area contributed by atoms with Gasteiger partial charge in [-0.25, -0.2) is 4.79 Å². The minimum atomic E-state index is -1.32. The van der Waals surface area contributed by atoms with Crippen LogP contribution < -0.4 is 69.3 Å². The summed E-state index contributed by atoms with van der Waals surface area (Å²) in [5, 5.41) is 18.5. The van der Waals surface area contributed by atoms with Crippen LogP contribution in [0.5, 0.6) is 5.75 Å². The molecule has 0 fully saturated rings. The average Bonchev–Trinajstić information content (AvgIpc) is 2.90. The Labute approximate surface area is 283 Å². The number of unbranched alkanes of at least 4 members (excludes halogenated alkanes) is 7. The first-order chi connectivity index (χ1) is 18.4. The second-order valence-electron chi connectivity index (χ2n) is 9.80. The van der Waals surface area contributed by atoms with Gasteiger partial charge >= 0.3 is 71.1 Å². The van der Waals surface area contributed by atoms with Gasteiger partial charge in [-0.1, -0.05) is 69.7 Å². The van der Waals surface area contributed by atoms with Crippen molar-refractivity contribution in [3.8, 4) is 5.75 Å². The molecule has 0 bridgehead atoms. The van der Waals surface area contributed by atoms with Crippen molar-refractivity contribution >= 4 is 22.9 Å². The molecule has 0 amide bonds. The summed E-state index contributed by atoms with van der Waals surface area (Å²) in [6, 6.07) is 14.1. The molecule has 2 N–H and O–H groups in total. The van der Waals surface area contributed by atoms with Crippen LogP contribution in [0.2, 0.25) is 0 Å². The number of carboxylic acid groups (broad SMARTS) is 2.